The van der Waals surface area contributed by atoms with Gasteiger partial charge in [0.1, 0.15) is 23.2 Å². The zero-order chi connectivity index (χ0) is 21.4. The summed E-state index contributed by atoms with van der Waals surface area (Å²) in [5, 5.41) is 4.33. The normalized spacial score (nSPS) is 11.0. The van der Waals surface area contributed by atoms with Crippen LogP contribution in [0.25, 0.3) is 0 Å². The Morgan fingerprint density at radius 2 is 0.906 bits per heavy atom. The SMILES string of the molecule is CCCCCc1ccc(C[P+](c2ccccc2)(c2ccccc2)c2ccccc2)cc1.[Br-]. The second kappa shape index (κ2) is 12.1. The maximum Gasteiger partial charge on any atom is 0.116 e. The topological polar surface area (TPSA) is 0 Å². The van der Waals surface area contributed by atoms with Crippen molar-refractivity contribution in [2.45, 2.75) is 38.8 Å². The lowest BCUT2D eigenvalue weighted by molar-refractivity contribution is -0.00000618. The van der Waals surface area contributed by atoms with Crippen LogP contribution >= 0.6 is 7.26 Å². The average molecular weight is 503 g/mol. The molecule has 0 N–H and O–H groups in total. The Morgan fingerprint density at radius 1 is 0.500 bits per heavy atom. The molecule has 0 fully saturated rings. The first-order valence-corrected chi connectivity index (χ1v) is 13.4. The molecule has 32 heavy (non-hydrogen) atoms. The van der Waals surface area contributed by atoms with Gasteiger partial charge in [0.05, 0.1) is 6.16 Å². The highest BCUT2D eigenvalue weighted by Gasteiger charge is 2.45. The van der Waals surface area contributed by atoms with E-state index in [1.54, 1.807) is 0 Å². The molecule has 0 nitrogen and oxygen atoms in total. The summed E-state index contributed by atoms with van der Waals surface area (Å²) in [6, 6.07) is 42.9. The van der Waals surface area contributed by atoms with Crippen LogP contribution in [0.15, 0.2) is 115 Å². The number of aryl methyl sites for hydroxylation is 1. The largest absolute Gasteiger partial charge is 1.00 e. The van der Waals surface area contributed by atoms with Gasteiger partial charge in [0.25, 0.3) is 0 Å². The highest BCUT2D eigenvalue weighted by atomic mass is 79.9. The van der Waals surface area contributed by atoms with Gasteiger partial charge in [0.15, 0.2) is 0 Å². The van der Waals surface area contributed by atoms with Gasteiger partial charge in [-0.25, -0.2) is 0 Å². The molecule has 0 unspecified atom stereocenters. The number of benzene rings is 4. The average Bonchev–Trinajstić information content (AvgIpc) is 2.85. The molecule has 0 amide bonds. The molecule has 0 radical (unpaired) electrons. The quantitative estimate of drug-likeness (QED) is 0.240. The minimum atomic E-state index is -1.82. The van der Waals surface area contributed by atoms with Crippen LogP contribution in [0.3, 0.4) is 0 Å². The maximum atomic E-state index is 2.37. The van der Waals surface area contributed by atoms with Crippen LogP contribution in [0.2, 0.25) is 0 Å². The van der Waals surface area contributed by atoms with E-state index in [2.05, 4.69) is 122 Å². The molecule has 0 spiro atoms. The molecule has 4 aromatic rings. The summed E-state index contributed by atoms with van der Waals surface area (Å²) >= 11 is 0. The first-order chi connectivity index (χ1) is 15.3. The van der Waals surface area contributed by atoms with E-state index < -0.39 is 7.26 Å². The van der Waals surface area contributed by atoms with Crippen molar-refractivity contribution in [2.24, 2.45) is 0 Å². The van der Waals surface area contributed by atoms with Gasteiger partial charge in [-0.3, -0.25) is 0 Å². The second-order valence-corrected chi connectivity index (χ2v) is 11.7. The van der Waals surface area contributed by atoms with Crippen molar-refractivity contribution in [1.82, 2.24) is 0 Å². The van der Waals surface area contributed by atoms with Crippen LogP contribution in [0.1, 0.15) is 37.3 Å². The van der Waals surface area contributed by atoms with E-state index >= 15 is 0 Å². The van der Waals surface area contributed by atoms with Crippen LogP contribution in [0, 0.1) is 0 Å². The van der Waals surface area contributed by atoms with Crippen molar-refractivity contribution in [2.75, 3.05) is 0 Å². The molecule has 164 valence electrons. The van der Waals surface area contributed by atoms with Crippen molar-refractivity contribution in [1.29, 1.82) is 0 Å². The van der Waals surface area contributed by atoms with Crippen LogP contribution < -0.4 is 32.9 Å². The van der Waals surface area contributed by atoms with Gasteiger partial charge >= 0.3 is 0 Å². The number of halogens is 1. The van der Waals surface area contributed by atoms with Gasteiger partial charge in [-0.15, -0.1) is 0 Å². The second-order valence-electron chi connectivity index (χ2n) is 8.25. The monoisotopic (exact) mass is 502 g/mol. The summed E-state index contributed by atoms with van der Waals surface area (Å²) in [6.07, 6.45) is 6.10. The minimum absolute atomic E-state index is 0. The molecule has 0 heterocycles. The van der Waals surface area contributed by atoms with Crippen molar-refractivity contribution >= 4 is 23.2 Å². The van der Waals surface area contributed by atoms with E-state index in [1.807, 2.05) is 0 Å². The van der Waals surface area contributed by atoms with Crippen molar-refractivity contribution in [3.05, 3.63) is 126 Å². The fourth-order valence-electron chi connectivity index (χ4n) is 4.43. The molecule has 4 rings (SSSR count). The third-order valence-corrected chi connectivity index (χ3v) is 10.5. The van der Waals surface area contributed by atoms with Crippen molar-refractivity contribution in [3.63, 3.8) is 0 Å². The fourth-order valence-corrected chi connectivity index (χ4v) is 8.68. The summed E-state index contributed by atoms with van der Waals surface area (Å²) in [7, 11) is -1.82. The van der Waals surface area contributed by atoms with E-state index in [0.29, 0.717) is 0 Å². The van der Waals surface area contributed by atoms with Crippen LogP contribution in [-0.4, -0.2) is 0 Å². The maximum absolute atomic E-state index is 2.37. The molecule has 0 aliphatic heterocycles. The van der Waals surface area contributed by atoms with Gasteiger partial charge in [-0.1, -0.05) is 98.6 Å². The van der Waals surface area contributed by atoms with Gasteiger partial charge in [-0.05, 0) is 60.4 Å². The lowest BCUT2D eigenvalue weighted by Gasteiger charge is -2.28. The van der Waals surface area contributed by atoms with Gasteiger partial charge in [-0.2, -0.15) is 0 Å². The summed E-state index contributed by atoms with van der Waals surface area (Å²) in [5.41, 5.74) is 2.88. The smallest absolute Gasteiger partial charge is 0.116 e. The summed E-state index contributed by atoms with van der Waals surface area (Å²) in [6.45, 7) is 2.27. The molecule has 0 aromatic heterocycles. The first kappa shape index (κ1) is 24.4. The Balaban J connectivity index is 0.00000289. The Morgan fingerprint density at radius 3 is 1.31 bits per heavy atom. The Hall–Kier alpha value is -2.21. The molecule has 0 bridgehead atoms. The number of hydrogen-bond donors (Lipinski definition) is 0. The summed E-state index contributed by atoms with van der Waals surface area (Å²) in [4.78, 5) is 0. The van der Waals surface area contributed by atoms with Crippen LogP contribution in [0.4, 0.5) is 0 Å². The van der Waals surface area contributed by atoms with Crippen molar-refractivity contribution in [3.8, 4) is 0 Å². The molecule has 0 atom stereocenters. The third-order valence-electron chi connectivity index (χ3n) is 6.10. The third kappa shape index (κ3) is 5.58. The van der Waals surface area contributed by atoms with Crippen molar-refractivity contribution < 1.29 is 17.0 Å². The molecule has 0 saturated heterocycles. The van der Waals surface area contributed by atoms with Crippen LogP contribution in [-0.2, 0) is 12.6 Å². The summed E-state index contributed by atoms with van der Waals surface area (Å²) in [5.74, 6) is 0. The highest BCUT2D eigenvalue weighted by Crippen LogP contribution is 2.58. The standard InChI is InChI=1S/C30H32P.BrH/c1-2-3-7-14-26-21-23-27(24-22-26)25-31(28-15-8-4-9-16-28,29-17-10-5-11-18-29)30-19-12-6-13-20-30;/h4-6,8-13,15-24H,2-3,7,14,25H2,1H3;1H/q+1;/p-1. The molecule has 2 heteroatoms. The number of hydrogen-bond acceptors (Lipinski definition) is 0. The number of rotatable bonds is 9. The molecule has 0 saturated carbocycles. The van der Waals surface area contributed by atoms with Gasteiger partial charge < -0.3 is 17.0 Å². The Bertz CT molecular complexity index is 948. The molecular formula is C30H32BrP. The summed E-state index contributed by atoms with van der Waals surface area (Å²) < 4.78 is 0. The van der Waals surface area contributed by atoms with E-state index in [-0.39, 0.29) is 17.0 Å². The highest BCUT2D eigenvalue weighted by molar-refractivity contribution is 7.95. The minimum Gasteiger partial charge on any atom is -1.00 e. The van der Waals surface area contributed by atoms with Gasteiger partial charge in [0.2, 0.25) is 0 Å². The predicted molar refractivity (Wildman–Crippen MR) is 139 cm³/mol. The lowest BCUT2D eigenvalue weighted by atomic mass is 10.1. The molecule has 0 aliphatic rings. The van der Waals surface area contributed by atoms with E-state index in [9.17, 15) is 0 Å². The van der Waals surface area contributed by atoms with E-state index in [0.717, 1.165) is 6.16 Å². The van der Waals surface area contributed by atoms with Crippen LogP contribution in [0.5, 0.6) is 0 Å². The molecular weight excluding hydrogens is 471 g/mol. The van der Waals surface area contributed by atoms with E-state index in [4.69, 9.17) is 0 Å². The molecule has 0 aliphatic carbocycles. The van der Waals surface area contributed by atoms with E-state index in [1.165, 1.54) is 52.7 Å². The zero-order valence-electron chi connectivity index (χ0n) is 18.8. The van der Waals surface area contributed by atoms with Gasteiger partial charge in [0, 0.05) is 0 Å². The zero-order valence-corrected chi connectivity index (χ0v) is 21.3. The Labute approximate surface area is 204 Å². The lowest BCUT2D eigenvalue weighted by Crippen LogP contribution is -3.00. The number of unbranched alkanes of at least 4 members (excludes halogenated alkanes) is 2. The fraction of sp³-hybridized carbons (Fsp3) is 0.200. The first-order valence-electron chi connectivity index (χ1n) is 11.5. The predicted octanol–water partition coefficient (Wildman–Crippen LogP) is 3.92. The molecule has 4 aromatic carbocycles. The Kier molecular flexibility index (Phi) is 9.27.